The minimum absolute atomic E-state index is 0. The summed E-state index contributed by atoms with van der Waals surface area (Å²) in [4.78, 5) is 26.3. The van der Waals surface area contributed by atoms with Gasteiger partial charge in [-0.25, -0.2) is 0 Å². The summed E-state index contributed by atoms with van der Waals surface area (Å²) in [5.74, 6) is 1.64. The lowest BCUT2D eigenvalue weighted by molar-refractivity contribution is -0.934. The number of ketones is 1. The fourth-order valence-corrected chi connectivity index (χ4v) is 7.84. The molecule has 1 spiro atoms. The van der Waals surface area contributed by atoms with E-state index >= 15 is 0 Å². The highest BCUT2D eigenvalue weighted by Gasteiger charge is 2.68. The van der Waals surface area contributed by atoms with Crippen LogP contribution in [-0.2, 0) is 10.2 Å². The third-order valence-electron chi connectivity index (χ3n) is 9.39. The smallest absolute Gasteiger partial charge is 0.217 e. The molecule has 2 aromatic rings. The summed E-state index contributed by atoms with van der Waals surface area (Å²) < 4.78 is 12.4. The predicted molar refractivity (Wildman–Crippen MR) is 136 cm³/mol. The maximum Gasteiger partial charge on any atom is 0.217 e. The maximum absolute atomic E-state index is 13.9. The van der Waals surface area contributed by atoms with Crippen molar-refractivity contribution in [3.63, 3.8) is 0 Å². The summed E-state index contributed by atoms with van der Waals surface area (Å²) >= 11 is 0. The number of hydrogen-bond donors (Lipinski definition) is 1. The number of rotatable bonds is 4. The number of aldehydes is 1. The molecule has 0 radical (unpaired) electrons. The third-order valence-corrected chi connectivity index (χ3v) is 9.39. The van der Waals surface area contributed by atoms with Crippen LogP contribution in [0.25, 0.3) is 0 Å². The molecule has 4 atom stereocenters. The van der Waals surface area contributed by atoms with Crippen LogP contribution < -0.4 is 27.2 Å². The topological polar surface area (TPSA) is 64.6 Å². The monoisotopic (exact) mass is 518 g/mol. The standard InChI is InChI=1S/C30H30N2O4.ClH/c1-2-19-16-32(17-25(34)20-8-9-26-27(14-20)36-13-5-12-35-26)11-10-30-23-6-3-4-7-24(23)31-29(30)22(18-33)21(19)15-28(30)32;/h2-4,6-9,14,18,21,28H,5,10-13,15-17H2,1H3;1H/b19-2-;/t21-,28?,30+,32?;/m0./s1. The van der Waals surface area contributed by atoms with E-state index < -0.39 is 0 Å². The molecule has 2 fully saturated rings. The summed E-state index contributed by atoms with van der Waals surface area (Å²) in [7, 11) is 0. The Labute approximate surface area is 223 Å². The van der Waals surface area contributed by atoms with Crippen molar-refractivity contribution in [2.24, 2.45) is 5.92 Å². The van der Waals surface area contributed by atoms with E-state index in [-0.39, 0.29) is 35.6 Å². The first-order valence-corrected chi connectivity index (χ1v) is 13.1. The number of para-hydroxylation sites is 1. The largest absolute Gasteiger partial charge is 1.00 e. The molecule has 2 unspecified atom stereocenters. The Balaban J connectivity index is 0.00000252. The molecule has 2 saturated heterocycles. The van der Waals surface area contributed by atoms with E-state index in [1.165, 1.54) is 11.1 Å². The van der Waals surface area contributed by atoms with Gasteiger partial charge in [0.1, 0.15) is 25.4 Å². The van der Waals surface area contributed by atoms with Gasteiger partial charge in [-0.05, 0) is 42.3 Å². The first kappa shape index (κ1) is 24.3. The van der Waals surface area contributed by atoms with Gasteiger partial charge < -0.3 is 31.7 Å². The zero-order chi connectivity index (χ0) is 24.5. The molecule has 1 aliphatic carbocycles. The number of Topliss-reactive ketones (excluding diaryl/α,β-unsaturated/α-hetero) is 1. The third kappa shape index (κ3) is 3.28. The van der Waals surface area contributed by atoms with E-state index in [2.05, 4.69) is 42.6 Å². The van der Waals surface area contributed by atoms with E-state index in [9.17, 15) is 9.59 Å². The molecule has 0 saturated carbocycles. The van der Waals surface area contributed by atoms with Gasteiger partial charge in [0.05, 0.1) is 25.2 Å². The average molecular weight is 519 g/mol. The van der Waals surface area contributed by atoms with Gasteiger partial charge >= 0.3 is 0 Å². The Morgan fingerprint density at radius 2 is 1.97 bits per heavy atom. The average Bonchev–Trinajstić information content (AvgIpc) is 3.31. The maximum atomic E-state index is 13.9. The van der Waals surface area contributed by atoms with E-state index in [4.69, 9.17) is 9.47 Å². The van der Waals surface area contributed by atoms with Crippen LogP contribution in [0.2, 0.25) is 0 Å². The Morgan fingerprint density at radius 3 is 2.78 bits per heavy atom. The number of nitrogens with zero attached hydrogens (tertiary/aromatic N) is 1. The molecule has 0 aromatic heterocycles. The highest BCUT2D eigenvalue weighted by molar-refractivity contribution is 5.97. The molecule has 1 N–H and O–H groups in total. The molecule has 4 heterocycles. The van der Waals surface area contributed by atoms with Gasteiger partial charge in [0.2, 0.25) is 5.78 Å². The SMILES string of the molecule is C/C=C1/C[N+]2(CC(=O)c3ccc4c(c3)OCCCO4)CC[C@]34C(=C(C=O)[C@H]1CC32)Nc1ccccc14.[Cl-]. The Kier molecular flexibility index (Phi) is 5.73. The van der Waals surface area contributed by atoms with Gasteiger partial charge in [-0.1, -0.05) is 24.3 Å². The van der Waals surface area contributed by atoms with Gasteiger partial charge in [-0.15, -0.1) is 0 Å². The summed E-state index contributed by atoms with van der Waals surface area (Å²) in [5.41, 5.74) is 6.12. The number of halogens is 1. The number of allylic oxidation sites excluding steroid dienone is 2. The molecule has 2 bridgehead atoms. The highest BCUT2D eigenvalue weighted by Crippen LogP contribution is 2.63. The minimum atomic E-state index is -0.229. The Morgan fingerprint density at radius 1 is 1.16 bits per heavy atom. The van der Waals surface area contributed by atoms with Crippen molar-refractivity contribution in [1.82, 2.24) is 0 Å². The van der Waals surface area contributed by atoms with Gasteiger partial charge in [-0.3, -0.25) is 9.59 Å². The number of ether oxygens (including phenoxy) is 2. The van der Waals surface area contributed by atoms with Crippen molar-refractivity contribution in [1.29, 1.82) is 0 Å². The second kappa shape index (κ2) is 8.74. The lowest BCUT2D eigenvalue weighted by Crippen LogP contribution is -3.00. The van der Waals surface area contributed by atoms with Crippen molar-refractivity contribution in [3.8, 4) is 11.5 Å². The molecule has 2 aromatic carbocycles. The van der Waals surface area contributed by atoms with Crippen molar-refractivity contribution < 1.29 is 36.0 Å². The molecule has 6 nitrogen and oxygen atoms in total. The number of benzene rings is 2. The fourth-order valence-electron chi connectivity index (χ4n) is 7.84. The van der Waals surface area contributed by atoms with Crippen LogP contribution in [0.15, 0.2) is 65.4 Å². The van der Waals surface area contributed by atoms with Crippen molar-refractivity contribution in [2.75, 3.05) is 38.2 Å². The minimum Gasteiger partial charge on any atom is -1.00 e. The van der Waals surface area contributed by atoms with Gasteiger partial charge in [-0.2, -0.15) is 0 Å². The first-order valence-electron chi connectivity index (χ1n) is 13.1. The normalized spacial score (nSPS) is 31.5. The number of nitrogens with one attached hydrogen (secondary N) is 1. The number of carbonyl (C=O) groups excluding carboxylic acids is 2. The molecule has 0 amide bonds. The lowest BCUT2D eigenvalue weighted by Gasteiger charge is -2.53. The van der Waals surface area contributed by atoms with Gasteiger partial charge in [0.25, 0.3) is 0 Å². The molecular formula is C30H31ClN2O4. The predicted octanol–water partition coefficient (Wildman–Crippen LogP) is 1.42. The second-order valence-corrected chi connectivity index (χ2v) is 10.9. The van der Waals surface area contributed by atoms with E-state index in [0.717, 1.165) is 60.1 Å². The van der Waals surface area contributed by atoms with Crippen LogP contribution in [0.5, 0.6) is 11.5 Å². The number of anilines is 1. The number of fused-ring (bicyclic) bond motifs is 3. The molecule has 4 aliphatic heterocycles. The summed E-state index contributed by atoms with van der Waals surface area (Å²) in [6.07, 6.45) is 5.94. The van der Waals surface area contributed by atoms with E-state index in [0.29, 0.717) is 36.8 Å². The molecule has 7 rings (SSSR count). The zero-order valence-corrected chi connectivity index (χ0v) is 21.7. The van der Waals surface area contributed by atoms with Crippen LogP contribution in [0.4, 0.5) is 5.69 Å². The van der Waals surface area contributed by atoms with Crippen molar-refractivity contribution in [3.05, 3.63) is 76.5 Å². The summed E-state index contributed by atoms with van der Waals surface area (Å²) in [5, 5.41) is 3.67. The molecule has 192 valence electrons. The van der Waals surface area contributed by atoms with Crippen molar-refractivity contribution >= 4 is 17.8 Å². The number of piperidine rings is 1. The Hall–Kier alpha value is -3.09. The summed E-state index contributed by atoms with van der Waals surface area (Å²) in [6.45, 7) is 5.47. The Bertz CT molecular complexity index is 1370. The zero-order valence-electron chi connectivity index (χ0n) is 21.0. The van der Waals surface area contributed by atoms with Crippen LogP contribution in [0.1, 0.15) is 42.1 Å². The van der Waals surface area contributed by atoms with Crippen LogP contribution in [-0.4, -0.2) is 55.4 Å². The van der Waals surface area contributed by atoms with Crippen LogP contribution in [0, 0.1) is 5.92 Å². The van der Waals surface area contributed by atoms with E-state index in [1.807, 2.05) is 18.2 Å². The number of carbonyl (C=O) groups is 2. The van der Waals surface area contributed by atoms with Crippen LogP contribution in [0.3, 0.4) is 0 Å². The fraction of sp³-hybridized carbons (Fsp3) is 0.400. The number of quaternary nitrogens is 1. The van der Waals surface area contributed by atoms with Crippen LogP contribution >= 0.6 is 0 Å². The lowest BCUT2D eigenvalue weighted by atomic mass is 9.61. The quantitative estimate of drug-likeness (QED) is 0.287. The highest BCUT2D eigenvalue weighted by atomic mass is 35.5. The van der Waals surface area contributed by atoms with E-state index in [1.54, 1.807) is 0 Å². The first-order chi connectivity index (χ1) is 17.6. The van der Waals surface area contributed by atoms with Gasteiger partial charge in [0, 0.05) is 47.7 Å². The number of hydrogen-bond acceptors (Lipinski definition) is 5. The molecule has 37 heavy (non-hydrogen) atoms. The van der Waals surface area contributed by atoms with Gasteiger partial charge in [0.15, 0.2) is 11.5 Å². The second-order valence-electron chi connectivity index (χ2n) is 10.9. The molecule has 5 aliphatic rings. The molecule has 7 heteroatoms. The van der Waals surface area contributed by atoms with Crippen molar-refractivity contribution in [2.45, 2.75) is 37.6 Å². The molecular weight excluding hydrogens is 488 g/mol. The summed E-state index contributed by atoms with van der Waals surface area (Å²) in [6, 6.07) is 14.4.